The summed E-state index contributed by atoms with van der Waals surface area (Å²) in [7, 11) is 3.05. The average molecular weight is 356 g/mol. The van der Waals surface area contributed by atoms with E-state index in [1.807, 2.05) is 6.92 Å². The molecular weight excluding hydrogens is 340 g/mol. The van der Waals surface area contributed by atoms with Crippen LogP contribution < -0.4 is 29.4 Å². The molecule has 0 aliphatic carbocycles. The number of benzene rings is 1. The number of aromatic amines is 1. The molecule has 2 aliphatic heterocycles. The predicted molar refractivity (Wildman–Crippen MR) is 88.3 cm³/mol. The first-order valence-corrected chi connectivity index (χ1v) is 7.77. The van der Waals surface area contributed by atoms with Gasteiger partial charge in [-0.3, -0.25) is 5.10 Å². The third-order valence-corrected chi connectivity index (χ3v) is 4.46. The Labute approximate surface area is 148 Å². The second-order valence-electron chi connectivity index (χ2n) is 5.76. The van der Waals surface area contributed by atoms with Gasteiger partial charge in [0, 0.05) is 16.8 Å². The molecule has 0 fully saturated rings. The van der Waals surface area contributed by atoms with E-state index in [0.717, 1.165) is 5.69 Å². The number of hydrogen-bond acceptors (Lipinski definition) is 8. The van der Waals surface area contributed by atoms with Crippen molar-refractivity contribution in [2.75, 3.05) is 21.0 Å². The van der Waals surface area contributed by atoms with Crippen molar-refractivity contribution in [1.29, 1.82) is 5.26 Å². The van der Waals surface area contributed by atoms with E-state index in [9.17, 15) is 5.26 Å². The van der Waals surface area contributed by atoms with Gasteiger partial charge in [0.25, 0.3) is 0 Å². The number of H-pyrrole nitrogens is 1. The zero-order chi connectivity index (χ0) is 18.4. The van der Waals surface area contributed by atoms with Crippen LogP contribution in [-0.4, -0.2) is 31.2 Å². The lowest BCUT2D eigenvalue weighted by molar-refractivity contribution is 0.168. The van der Waals surface area contributed by atoms with Crippen molar-refractivity contribution in [3.05, 3.63) is 34.3 Å². The highest BCUT2D eigenvalue weighted by Crippen LogP contribution is 2.54. The topological polar surface area (TPSA) is 125 Å². The smallest absolute Gasteiger partial charge is 0.244 e. The second kappa shape index (κ2) is 5.77. The number of nitrogens with two attached hydrogens (primary N) is 1. The van der Waals surface area contributed by atoms with Gasteiger partial charge in [-0.25, -0.2) is 0 Å². The van der Waals surface area contributed by atoms with Gasteiger partial charge in [-0.1, -0.05) is 0 Å². The molecule has 9 heteroatoms. The van der Waals surface area contributed by atoms with Gasteiger partial charge in [-0.05, 0) is 13.0 Å². The lowest BCUT2D eigenvalue weighted by Crippen LogP contribution is -2.21. The maximum Gasteiger partial charge on any atom is 0.244 e. The van der Waals surface area contributed by atoms with Crippen LogP contribution in [0, 0.1) is 18.3 Å². The Morgan fingerprint density at radius 3 is 2.77 bits per heavy atom. The van der Waals surface area contributed by atoms with Crippen molar-refractivity contribution in [1.82, 2.24) is 10.2 Å². The van der Waals surface area contributed by atoms with E-state index in [4.69, 9.17) is 29.4 Å². The molecule has 0 saturated carbocycles. The van der Waals surface area contributed by atoms with E-state index < -0.39 is 5.92 Å². The van der Waals surface area contributed by atoms with Crippen LogP contribution in [-0.2, 0) is 0 Å². The minimum atomic E-state index is -0.555. The van der Waals surface area contributed by atoms with E-state index in [-0.39, 0.29) is 18.2 Å². The van der Waals surface area contributed by atoms with E-state index in [1.165, 1.54) is 14.2 Å². The monoisotopic (exact) mass is 356 g/mol. The second-order valence-corrected chi connectivity index (χ2v) is 5.76. The number of hydrogen-bond donors (Lipinski definition) is 2. The zero-order valence-corrected chi connectivity index (χ0v) is 14.4. The Morgan fingerprint density at radius 1 is 1.31 bits per heavy atom. The highest BCUT2D eigenvalue weighted by molar-refractivity contribution is 5.68. The number of aryl methyl sites for hydroxylation is 1. The van der Waals surface area contributed by atoms with Gasteiger partial charge in [-0.2, -0.15) is 5.26 Å². The fraction of sp³-hybridized carbons (Fsp3) is 0.294. The minimum absolute atomic E-state index is 0.00446. The molecular formula is C17H16N4O5. The fourth-order valence-corrected chi connectivity index (χ4v) is 3.32. The lowest BCUT2D eigenvalue weighted by atomic mass is 9.83. The first-order chi connectivity index (χ1) is 12.6. The average Bonchev–Trinajstić information content (AvgIpc) is 3.26. The zero-order valence-electron chi connectivity index (χ0n) is 14.4. The van der Waals surface area contributed by atoms with Crippen LogP contribution in [0.2, 0.25) is 0 Å². The molecule has 9 nitrogen and oxygen atoms in total. The number of fused-ring (bicyclic) bond motifs is 2. The summed E-state index contributed by atoms with van der Waals surface area (Å²) >= 11 is 0. The molecule has 0 spiro atoms. The summed E-state index contributed by atoms with van der Waals surface area (Å²) in [5.41, 5.74) is 8.32. The maximum absolute atomic E-state index is 9.70. The van der Waals surface area contributed by atoms with Crippen molar-refractivity contribution >= 4 is 0 Å². The standard InChI is InChI=1S/C17H16N4O5/c1-7-11-12(9(5-18)16(19)26-17(11)21-20-7)8-4-10(22-2)14-15(13(8)23-3)25-6-24-14/h4,12H,6,19H2,1-3H3,(H,20,21)/t12-/m0/s1. The molecule has 26 heavy (non-hydrogen) atoms. The number of methoxy groups -OCH3 is 2. The number of nitriles is 1. The van der Waals surface area contributed by atoms with Crippen LogP contribution >= 0.6 is 0 Å². The lowest BCUT2D eigenvalue weighted by Gasteiger charge is -2.25. The van der Waals surface area contributed by atoms with E-state index >= 15 is 0 Å². The first kappa shape index (κ1) is 16.0. The van der Waals surface area contributed by atoms with Crippen LogP contribution in [0.25, 0.3) is 0 Å². The number of allylic oxidation sites excluding steroid dienone is 1. The molecule has 0 unspecified atom stereocenters. The minimum Gasteiger partial charge on any atom is -0.493 e. The van der Waals surface area contributed by atoms with Gasteiger partial charge in [0.1, 0.15) is 11.6 Å². The summed E-state index contributed by atoms with van der Waals surface area (Å²) in [6.45, 7) is 1.90. The van der Waals surface area contributed by atoms with Crippen molar-refractivity contribution in [3.63, 3.8) is 0 Å². The van der Waals surface area contributed by atoms with Gasteiger partial charge in [0.2, 0.25) is 30.1 Å². The molecule has 2 aliphatic rings. The molecule has 3 N–H and O–H groups in total. The third kappa shape index (κ3) is 2.05. The summed E-state index contributed by atoms with van der Waals surface area (Å²) in [6, 6.07) is 3.89. The van der Waals surface area contributed by atoms with E-state index in [1.54, 1.807) is 6.07 Å². The van der Waals surface area contributed by atoms with Gasteiger partial charge < -0.3 is 29.4 Å². The molecule has 1 aromatic heterocycles. The summed E-state index contributed by atoms with van der Waals surface area (Å²) < 4.78 is 27.6. The van der Waals surface area contributed by atoms with Crippen molar-refractivity contribution in [2.24, 2.45) is 5.73 Å². The highest BCUT2D eigenvalue weighted by atomic mass is 16.7. The van der Waals surface area contributed by atoms with Gasteiger partial charge in [0.05, 0.1) is 20.1 Å². The largest absolute Gasteiger partial charge is 0.493 e. The van der Waals surface area contributed by atoms with Crippen molar-refractivity contribution in [3.8, 4) is 34.9 Å². The number of ether oxygens (including phenoxy) is 5. The summed E-state index contributed by atoms with van der Waals surface area (Å²) in [5.74, 6) is 1.56. The van der Waals surface area contributed by atoms with Crippen molar-refractivity contribution < 1.29 is 23.7 Å². The van der Waals surface area contributed by atoms with Gasteiger partial charge in [-0.15, -0.1) is 5.10 Å². The van der Waals surface area contributed by atoms with E-state index in [0.29, 0.717) is 40.0 Å². The Bertz CT molecular complexity index is 973. The van der Waals surface area contributed by atoms with Gasteiger partial charge >= 0.3 is 0 Å². The van der Waals surface area contributed by atoms with Crippen LogP contribution in [0.5, 0.6) is 28.9 Å². The molecule has 0 saturated heterocycles. The molecule has 3 heterocycles. The van der Waals surface area contributed by atoms with Crippen LogP contribution in [0.15, 0.2) is 17.5 Å². The molecule has 1 atom stereocenters. The normalized spacial score (nSPS) is 17.4. The Kier molecular flexibility index (Phi) is 3.54. The molecule has 0 amide bonds. The summed E-state index contributed by atoms with van der Waals surface area (Å²) in [5, 5.41) is 16.7. The molecule has 0 bridgehead atoms. The number of aromatic nitrogens is 2. The quantitative estimate of drug-likeness (QED) is 0.851. The predicted octanol–water partition coefficient (Wildman–Crippen LogP) is 1.68. The Morgan fingerprint density at radius 2 is 2.08 bits per heavy atom. The maximum atomic E-state index is 9.70. The number of rotatable bonds is 3. The van der Waals surface area contributed by atoms with Crippen molar-refractivity contribution in [2.45, 2.75) is 12.8 Å². The van der Waals surface area contributed by atoms with Gasteiger partial charge in [0.15, 0.2) is 11.5 Å². The Balaban J connectivity index is 2.03. The molecule has 2 aromatic rings. The molecule has 134 valence electrons. The van der Waals surface area contributed by atoms with Crippen LogP contribution in [0.1, 0.15) is 22.7 Å². The molecule has 4 rings (SSSR count). The summed E-state index contributed by atoms with van der Waals surface area (Å²) in [4.78, 5) is 0. The number of nitrogens with one attached hydrogen (secondary N) is 1. The highest BCUT2D eigenvalue weighted by Gasteiger charge is 2.39. The molecule has 0 radical (unpaired) electrons. The van der Waals surface area contributed by atoms with E-state index in [2.05, 4.69) is 16.3 Å². The van der Waals surface area contributed by atoms with Crippen LogP contribution in [0.4, 0.5) is 0 Å². The molecule has 1 aromatic carbocycles. The number of nitrogens with zero attached hydrogens (tertiary/aromatic N) is 2. The summed E-state index contributed by atoms with van der Waals surface area (Å²) in [6.07, 6.45) is 0. The third-order valence-electron chi connectivity index (χ3n) is 4.46. The van der Waals surface area contributed by atoms with Crippen LogP contribution in [0.3, 0.4) is 0 Å². The first-order valence-electron chi connectivity index (χ1n) is 7.77. The Hall–Kier alpha value is -3.54. The SMILES string of the molecule is COc1cc([C@H]2C(C#N)=C(N)Oc3n[nH]c(C)c32)c(OC)c2c1OCO2. The fourth-order valence-electron chi connectivity index (χ4n) is 3.32.